The summed E-state index contributed by atoms with van der Waals surface area (Å²) in [7, 11) is 0. The van der Waals surface area contributed by atoms with Crippen molar-refractivity contribution in [1.29, 1.82) is 0 Å². The van der Waals surface area contributed by atoms with Gasteiger partial charge in [-0.3, -0.25) is 9.59 Å². The average Bonchev–Trinajstić information content (AvgIpc) is 2.93. The molecule has 0 spiro atoms. The Bertz CT molecular complexity index is 1180. The van der Waals surface area contributed by atoms with E-state index in [1.807, 2.05) is 71.6 Å². The summed E-state index contributed by atoms with van der Waals surface area (Å²) in [6, 6.07) is 25.4. The lowest BCUT2D eigenvalue weighted by atomic mass is 9.94. The van der Waals surface area contributed by atoms with Crippen LogP contribution in [0.15, 0.2) is 83.8 Å². The molecule has 1 aliphatic carbocycles. The number of thioether (sulfide) groups is 1. The highest BCUT2D eigenvalue weighted by atomic mass is 35.5. The molecule has 4 nitrogen and oxygen atoms in total. The Hall–Kier alpha value is -2.76. The van der Waals surface area contributed by atoms with Gasteiger partial charge in [0.2, 0.25) is 11.8 Å². The van der Waals surface area contributed by atoms with Crippen molar-refractivity contribution < 1.29 is 9.59 Å². The van der Waals surface area contributed by atoms with Gasteiger partial charge in [0, 0.05) is 41.1 Å². The van der Waals surface area contributed by atoms with Crippen LogP contribution in [0.4, 0.5) is 0 Å². The Kier molecular flexibility index (Phi) is 10.7. The smallest absolute Gasteiger partial charge is 0.243 e. The fraction of sp³-hybridized carbons (Fsp3) is 0.375. The zero-order chi connectivity index (χ0) is 26.7. The first-order valence-electron chi connectivity index (χ1n) is 13.6. The van der Waals surface area contributed by atoms with Gasteiger partial charge in [-0.1, -0.05) is 85.5 Å². The largest absolute Gasteiger partial charge is 0.352 e. The Morgan fingerprint density at radius 1 is 0.947 bits per heavy atom. The van der Waals surface area contributed by atoms with Crippen molar-refractivity contribution in [1.82, 2.24) is 10.2 Å². The second-order valence-corrected chi connectivity index (χ2v) is 11.7. The molecule has 3 aromatic carbocycles. The van der Waals surface area contributed by atoms with Crippen molar-refractivity contribution >= 4 is 35.2 Å². The van der Waals surface area contributed by atoms with Gasteiger partial charge in [-0.2, -0.15) is 0 Å². The molecule has 0 radical (unpaired) electrons. The highest BCUT2D eigenvalue weighted by molar-refractivity contribution is 7.99. The molecule has 0 heterocycles. The van der Waals surface area contributed by atoms with Crippen LogP contribution < -0.4 is 5.32 Å². The Morgan fingerprint density at radius 2 is 1.63 bits per heavy atom. The maximum Gasteiger partial charge on any atom is 0.243 e. The molecule has 0 unspecified atom stereocenters. The van der Waals surface area contributed by atoms with Crippen molar-refractivity contribution in [3.63, 3.8) is 0 Å². The van der Waals surface area contributed by atoms with Crippen LogP contribution >= 0.6 is 23.4 Å². The van der Waals surface area contributed by atoms with Crippen LogP contribution in [0.1, 0.15) is 55.2 Å². The zero-order valence-electron chi connectivity index (χ0n) is 22.1. The fourth-order valence-corrected chi connectivity index (χ4v) is 5.97. The van der Waals surface area contributed by atoms with Gasteiger partial charge in [0.05, 0.1) is 0 Å². The Labute approximate surface area is 236 Å². The maximum absolute atomic E-state index is 13.8. The zero-order valence-corrected chi connectivity index (χ0v) is 23.6. The predicted molar refractivity (Wildman–Crippen MR) is 157 cm³/mol. The highest BCUT2D eigenvalue weighted by Gasteiger charge is 2.32. The molecular weight excluding hydrogens is 512 g/mol. The molecule has 1 fully saturated rings. The van der Waals surface area contributed by atoms with Gasteiger partial charge in [0.1, 0.15) is 6.04 Å². The van der Waals surface area contributed by atoms with E-state index in [1.165, 1.54) is 6.42 Å². The molecule has 0 aromatic heterocycles. The summed E-state index contributed by atoms with van der Waals surface area (Å²) >= 11 is 7.65. The Morgan fingerprint density at radius 3 is 2.34 bits per heavy atom. The lowest BCUT2D eigenvalue weighted by Gasteiger charge is -2.34. The van der Waals surface area contributed by atoms with E-state index in [0.717, 1.165) is 47.3 Å². The monoisotopic (exact) mass is 548 g/mol. The van der Waals surface area contributed by atoms with E-state index in [1.54, 1.807) is 11.8 Å². The predicted octanol–water partition coefficient (Wildman–Crippen LogP) is 7.22. The van der Waals surface area contributed by atoms with Crippen molar-refractivity contribution in [2.75, 3.05) is 5.75 Å². The van der Waals surface area contributed by atoms with Gasteiger partial charge in [-0.05, 0) is 60.7 Å². The number of hydrogen-bond donors (Lipinski definition) is 1. The summed E-state index contributed by atoms with van der Waals surface area (Å²) in [5.41, 5.74) is 3.23. The number of nitrogens with zero attached hydrogens (tertiary/aromatic N) is 1. The minimum absolute atomic E-state index is 0.00515. The number of halogens is 1. The molecule has 200 valence electrons. The number of nitrogens with one attached hydrogen (secondary N) is 1. The molecule has 4 rings (SSSR count). The molecule has 0 saturated heterocycles. The number of carbonyl (C=O) groups excluding carboxylic acids is 2. The molecule has 1 aliphatic rings. The lowest BCUT2D eigenvalue weighted by Crippen LogP contribution is -2.53. The highest BCUT2D eigenvalue weighted by Crippen LogP contribution is 2.24. The van der Waals surface area contributed by atoms with E-state index in [4.69, 9.17) is 11.6 Å². The molecule has 38 heavy (non-hydrogen) atoms. The third kappa shape index (κ3) is 8.37. The van der Waals surface area contributed by atoms with Gasteiger partial charge >= 0.3 is 0 Å². The summed E-state index contributed by atoms with van der Waals surface area (Å²) < 4.78 is 0. The Balaban J connectivity index is 1.56. The first kappa shape index (κ1) is 28.3. The topological polar surface area (TPSA) is 49.4 Å². The molecular formula is C32H37ClN2O2S. The van der Waals surface area contributed by atoms with Crippen LogP contribution in [0.5, 0.6) is 0 Å². The van der Waals surface area contributed by atoms with Crippen molar-refractivity contribution in [2.24, 2.45) is 0 Å². The molecule has 3 aromatic rings. The van der Waals surface area contributed by atoms with Gasteiger partial charge < -0.3 is 10.2 Å². The quantitative estimate of drug-likeness (QED) is 0.257. The van der Waals surface area contributed by atoms with Gasteiger partial charge in [-0.15, -0.1) is 11.8 Å². The summed E-state index contributed by atoms with van der Waals surface area (Å²) in [6.45, 7) is 2.47. The van der Waals surface area contributed by atoms with Crippen LogP contribution in [-0.4, -0.2) is 34.6 Å². The minimum atomic E-state index is -0.577. The second kappa shape index (κ2) is 14.4. The average molecular weight is 549 g/mol. The molecule has 2 amide bonds. The number of carbonyl (C=O) groups is 2. The third-order valence-electron chi connectivity index (χ3n) is 7.22. The third-order valence-corrected chi connectivity index (χ3v) is 8.49. The standard InChI is InChI=1S/C32H37ClN2O2S/c1-24-10-8-9-13-26(24)23-35(31(36)20-21-38-29-18-16-27(33)17-19-29)30(22-25-11-4-2-5-12-25)32(37)34-28-14-6-3-7-15-28/h2,4-5,8-13,16-19,28,30H,3,6-7,14-15,20-23H2,1H3,(H,34,37)/t30-/m1/s1. The van der Waals surface area contributed by atoms with E-state index in [2.05, 4.69) is 24.4 Å². The second-order valence-electron chi connectivity index (χ2n) is 10.0. The van der Waals surface area contributed by atoms with Crippen molar-refractivity contribution in [3.05, 3.63) is 101 Å². The van der Waals surface area contributed by atoms with Crippen molar-refractivity contribution in [2.45, 2.75) is 75.4 Å². The lowest BCUT2D eigenvalue weighted by molar-refractivity contribution is -0.141. The first-order valence-corrected chi connectivity index (χ1v) is 14.9. The summed E-state index contributed by atoms with van der Waals surface area (Å²) in [4.78, 5) is 30.6. The number of aryl methyl sites for hydroxylation is 1. The molecule has 0 aliphatic heterocycles. The summed E-state index contributed by atoms with van der Waals surface area (Å²) in [5.74, 6) is 0.579. The van der Waals surface area contributed by atoms with Gasteiger partial charge in [0.15, 0.2) is 0 Å². The van der Waals surface area contributed by atoms with Gasteiger partial charge in [-0.25, -0.2) is 0 Å². The number of benzene rings is 3. The fourth-order valence-electron chi connectivity index (χ4n) is 5.00. The first-order chi connectivity index (χ1) is 18.5. The van der Waals surface area contributed by atoms with Gasteiger partial charge in [0.25, 0.3) is 0 Å². The van der Waals surface area contributed by atoms with Crippen LogP contribution in [0.2, 0.25) is 5.02 Å². The van der Waals surface area contributed by atoms with E-state index in [0.29, 0.717) is 30.2 Å². The normalized spacial score (nSPS) is 14.6. The van der Waals surface area contributed by atoms with E-state index >= 15 is 0 Å². The van der Waals surface area contributed by atoms with Crippen LogP contribution in [0.3, 0.4) is 0 Å². The SMILES string of the molecule is Cc1ccccc1CN(C(=O)CCSc1ccc(Cl)cc1)[C@H](Cc1ccccc1)C(=O)NC1CCCCC1. The minimum Gasteiger partial charge on any atom is -0.352 e. The van der Waals surface area contributed by atoms with E-state index in [-0.39, 0.29) is 17.9 Å². The maximum atomic E-state index is 13.8. The molecule has 6 heteroatoms. The molecule has 1 N–H and O–H groups in total. The summed E-state index contributed by atoms with van der Waals surface area (Å²) in [5, 5.41) is 4.01. The van der Waals surface area contributed by atoms with Crippen molar-refractivity contribution in [3.8, 4) is 0 Å². The molecule has 1 saturated carbocycles. The van der Waals surface area contributed by atoms with E-state index in [9.17, 15) is 9.59 Å². The number of hydrogen-bond acceptors (Lipinski definition) is 3. The number of rotatable bonds is 11. The van der Waals surface area contributed by atoms with E-state index < -0.39 is 6.04 Å². The number of amides is 2. The molecule has 1 atom stereocenters. The molecule has 0 bridgehead atoms. The van der Waals surface area contributed by atoms with Crippen LogP contribution in [0, 0.1) is 6.92 Å². The van der Waals surface area contributed by atoms with Crippen LogP contribution in [0.25, 0.3) is 0 Å². The van der Waals surface area contributed by atoms with Crippen LogP contribution in [-0.2, 0) is 22.6 Å². The summed E-state index contributed by atoms with van der Waals surface area (Å²) in [6.07, 6.45) is 6.36.